The molecule has 0 bridgehead atoms. The van der Waals surface area contributed by atoms with Crippen molar-refractivity contribution in [2.45, 2.75) is 25.9 Å². The van der Waals surface area contributed by atoms with E-state index in [0.29, 0.717) is 13.0 Å². The number of aromatic nitrogens is 3. The second-order valence-electron chi connectivity index (χ2n) is 8.10. The molecule has 1 fully saturated rings. The van der Waals surface area contributed by atoms with Gasteiger partial charge in [0.25, 0.3) is 0 Å². The van der Waals surface area contributed by atoms with Gasteiger partial charge in [0, 0.05) is 69.2 Å². The van der Waals surface area contributed by atoms with E-state index in [1.165, 1.54) is 5.56 Å². The fourth-order valence-corrected chi connectivity index (χ4v) is 4.50. The zero-order chi connectivity index (χ0) is 21.5. The quantitative estimate of drug-likeness (QED) is 0.520. The summed E-state index contributed by atoms with van der Waals surface area (Å²) in [4.78, 5) is 25.8. The van der Waals surface area contributed by atoms with Gasteiger partial charge in [0.2, 0.25) is 5.91 Å². The Morgan fingerprint density at radius 2 is 1.97 bits per heavy atom. The van der Waals surface area contributed by atoms with Crippen LogP contribution in [0.1, 0.15) is 17.7 Å². The molecule has 0 saturated carbocycles. The van der Waals surface area contributed by atoms with Gasteiger partial charge in [-0.25, -0.2) is 9.97 Å². The van der Waals surface area contributed by atoms with Crippen molar-refractivity contribution in [3.05, 3.63) is 59.6 Å². The summed E-state index contributed by atoms with van der Waals surface area (Å²) < 4.78 is 2.01. The molecule has 1 aromatic carbocycles. The lowest BCUT2D eigenvalue weighted by Gasteiger charge is -2.32. The number of piperazine rings is 1. The Kier molecular flexibility index (Phi) is 7.45. The van der Waals surface area contributed by atoms with E-state index in [2.05, 4.69) is 56.4 Å². The molecule has 31 heavy (non-hydrogen) atoms. The second-order valence-corrected chi connectivity index (χ2v) is 8.96. The number of benzene rings is 1. The van der Waals surface area contributed by atoms with Crippen LogP contribution in [-0.4, -0.2) is 70.0 Å². The van der Waals surface area contributed by atoms with Crippen LogP contribution in [0.4, 0.5) is 0 Å². The Morgan fingerprint density at radius 3 is 2.71 bits per heavy atom. The first-order valence-corrected chi connectivity index (χ1v) is 11.7. The van der Waals surface area contributed by atoms with Gasteiger partial charge >= 0.3 is 0 Å². The van der Waals surface area contributed by atoms with Crippen LogP contribution < -0.4 is 5.32 Å². The van der Waals surface area contributed by atoms with Crippen molar-refractivity contribution in [3.8, 4) is 10.6 Å². The SMILES string of the molecule is CN1CCN(Cc2ccc(-c3nc(CC(=O)NCCCn4ccnc4)cs3)cc2)CC1. The Hall–Kier alpha value is -2.55. The van der Waals surface area contributed by atoms with Crippen molar-refractivity contribution in [2.75, 3.05) is 39.8 Å². The van der Waals surface area contributed by atoms with E-state index in [0.717, 1.165) is 62.0 Å². The standard InChI is InChI=1S/C23H30N6OS/c1-27-11-13-28(14-12-27)16-19-3-5-20(6-4-19)23-26-21(17-31-23)15-22(30)25-7-2-9-29-10-8-24-18-29/h3-6,8,10,17-18H,2,7,9,11-16H2,1H3,(H,25,30). The van der Waals surface area contributed by atoms with Crippen LogP contribution in [0.15, 0.2) is 48.4 Å². The maximum atomic E-state index is 12.2. The summed E-state index contributed by atoms with van der Waals surface area (Å²) in [5.74, 6) is 0.0185. The summed E-state index contributed by atoms with van der Waals surface area (Å²) in [5, 5.41) is 5.93. The predicted octanol–water partition coefficient (Wildman–Crippen LogP) is 2.50. The monoisotopic (exact) mass is 438 g/mol. The third-order valence-electron chi connectivity index (χ3n) is 5.57. The molecule has 3 aromatic rings. The smallest absolute Gasteiger partial charge is 0.226 e. The van der Waals surface area contributed by atoms with Gasteiger partial charge in [-0.3, -0.25) is 9.69 Å². The number of amides is 1. The number of carbonyl (C=O) groups excluding carboxylic acids is 1. The molecule has 1 amide bonds. The highest BCUT2D eigenvalue weighted by atomic mass is 32.1. The minimum Gasteiger partial charge on any atom is -0.356 e. The van der Waals surface area contributed by atoms with Crippen LogP contribution in [0, 0.1) is 0 Å². The van der Waals surface area contributed by atoms with E-state index in [-0.39, 0.29) is 5.91 Å². The van der Waals surface area contributed by atoms with E-state index >= 15 is 0 Å². The largest absolute Gasteiger partial charge is 0.356 e. The lowest BCUT2D eigenvalue weighted by Crippen LogP contribution is -2.43. The summed E-state index contributed by atoms with van der Waals surface area (Å²) >= 11 is 1.60. The zero-order valence-corrected chi connectivity index (χ0v) is 18.9. The van der Waals surface area contributed by atoms with Gasteiger partial charge in [-0.1, -0.05) is 24.3 Å². The van der Waals surface area contributed by atoms with Crippen LogP contribution in [-0.2, 0) is 24.3 Å². The molecule has 3 heterocycles. The van der Waals surface area contributed by atoms with E-state index in [1.807, 2.05) is 16.1 Å². The molecule has 164 valence electrons. The van der Waals surface area contributed by atoms with Crippen LogP contribution in [0.2, 0.25) is 0 Å². The topological polar surface area (TPSA) is 66.3 Å². The molecule has 0 aliphatic carbocycles. The van der Waals surface area contributed by atoms with E-state index < -0.39 is 0 Å². The average Bonchev–Trinajstić information content (AvgIpc) is 3.46. The van der Waals surface area contributed by atoms with Crippen molar-refractivity contribution in [1.82, 2.24) is 29.7 Å². The third-order valence-corrected chi connectivity index (χ3v) is 6.51. The van der Waals surface area contributed by atoms with Crippen LogP contribution in [0.3, 0.4) is 0 Å². The lowest BCUT2D eigenvalue weighted by atomic mass is 10.1. The molecular weight excluding hydrogens is 408 g/mol. The third kappa shape index (κ3) is 6.46. The van der Waals surface area contributed by atoms with Crippen molar-refractivity contribution in [2.24, 2.45) is 0 Å². The predicted molar refractivity (Wildman–Crippen MR) is 124 cm³/mol. The molecule has 0 spiro atoms. The number of hydrogen-bond acceptors (Lipinski definition) is 6. The summed E-state index contributed by atoms with van der Waals surface area (Å²) in [6.45, 7) is 7.03. The Labute approximate surface area is 187 Å². The van der Waals surface area contributed by atoms with Crippen molar-refractivity contribution >= 4 is 17.2 Å². The fourth-order valence-electron chi connectivity index (χ4n) is 3.67. The number of aryl methyl sites for hydroxylation is 1. The molecule has 0 unspecified atom stereocenters. The molecule has 8 heteroatoms. The summed E-state index contributed by atoms with van der Waals surface area (Å²) in [6.07, 6.45) is 6.68. The number of thiazole rings is 1. The van der Waals surface area contributed by atoms with Gasteiger partial charge in [0.05, 0.1) is 18.4 Å². The first kappa shape index (κ1) is 21.7. The zero-order valence-electron chi connectivity index (χ0n) is 18.0. The highest BCUT2D eigenvalue weighted by molar-refractivity contribution is 7.13. The summed E-state index contributed by atoms with van der Waals surface area (Å²) in [7, 11) is 2.18. The Bertz CT molecular complexity index is 945. The molecule has 4 rings (SSSR count). The Morgan fingerprint density at radius 1 is 1.16 bits per heavy atom. The maximum absolute atomic E-state index is 12.2. The van der Waals surface area contributed by atoms with E-state index in [1.54, 1.807) is 23.9 Å². The number of imidazole rings is 1. The number of nitrogens with zero attached hydrogens (tertiary/aromatic N) is 5. The van der Waals surface area contributed by atoms with Gasteiger partial charge in [0.1, 0.15) is 5.01 Å². The fraction of sp³-hybridized carbons (Fsp3) is 0.435. The molecule has 1 aliphatic rings. The minimum absolute atomic E-state index is 0.0185. The molecule has 2 aromatic heterocycles. The van der Waals surface area contributed by atoms with E-state index in [9.17, 15) is 4.79 Å². The molecule has 1 aliphatic heterocycles. The van der Waals surface area contributed by atoms with Crippen molar-refractivity contribution in [3.63, 3.8) is 0 Å². The molecule has 7 nitrogen and oxygen atoms in total. The lowest BCUT2D eigenvalue weighted by molar-refractivity contribution is -0.120. The molecular formula is C23H30N6OS. The number of hydrogen-bond donors (Lipinski definition) is 1. The second kappa shape index (κ2) is 10.7. The average molecular weight is 439 g/mol. The first-order valence-electron chi connectivity index (χ1n) is 10.8. The van der Waals surface area contributed by atoms with Crippen molar-refractivity contribution in [1.29, 1.82) is 0 Å². The molecule has 0 atom stereocenters. The van der Waals surface area contributed by atoms with Crippen LogP contribution in [0.5, 0.6) is 0 Å². The van der Waals surface area contributed by atoms with Crippen molar-refractivity contribution < 1.29 is 4.79 Å². The highest BCUT2D eigenvalue weighted by Gasteiger charge is 2.14. The molecule has 1 N–H and O–H groups in total. The Balaban J connectivity index is 1.22. The van der Waals surface area contributed by atoms with Gasteiger partial charge in [-0.05, 0) is 19.0 Å². The highest BCUT2D eigenvalue weighted by Crippen LogP contribution is 2.24. The summed E-state index contributed by atoms with van der Waals surface area (Å²) in [5.41, 5.74) is 3.27. The number of nitrogens with one attached hydrogen (secondary N) is 1. The number of rotatable bonds is 9. The van der Waals surface area contributed by atoms with Gasteiger partial charge in [-0.2, -0.15) is 0 Å². The molecule has 0 radical (unpaired) electrons. The number of likely N-dealkylation sites (N-methyl/N-ethyl adjacent to an activating group) is 1. The molecule has 1 saturated heterocycles. The minimum atomic E-state index is 0.0185. The van der Waals surface area contributed by atoms with Crippen LogP contribution >= 0.6 is 11.3 Å². The normalized spacial score (nSPS) is 15.3. The van der Waals surface area contributed by atoms with E-state index in [4.69, 9.17) is 0 Å². The van der Waals surface area contributed by atoms with Gasteiger partial charge in [0.15, 0.2) is 0 Å². The summed E-state index contributed by atoms with van der Waals surface area (Å²) in [6, 6.07) is 8.68. The van der Waals surface area contributed by atoms with Crippen LogP contribution in [0.25, 0.3) is 10.6 Å². The maximum Gasteiger partial charge on any atom is 0.226 e. The first-order chi connectivity index (χ1) is 15.2. The number of carbonyl (C=O) groups is 1. The van der Waals surface area contributed by atoms with Gasteiger partial charge < -0.3 is 14.8 Å². The van der Waals surface area contributed by atoms with Gasteiger partial charge in [-0.15, -0.1) is 11.3 Å².